The first-order valence-electron chi connectivity index (χ1n) is 6.13. The predicted molar refractivity (Wildman–Crippen MR) is 79.0 cm³/mol. The number of aromatic nitrogens is 3. The molecular formula is C13H15N5O2S. The average molecular weight is 305 g/mol. The smallest absolute Gasteiger partial charge is 0.266 e. The lowest BCUT2D eigenvalue weighted by molar-refractivity contribution is 0.600. The van der Waals surface area contributed by atoms with Gasteiger partial charge in [-0.25, -0.2) is 13.4 Å². The molecule has 7 nitrogen and oxygen atoms in total. The molecule has 0 aromatic carbocycles. The Morgan fingerprint density at radius 1 is 1.43 bits per heavy atom. The van der Waals surface area contributed by atoms with E-state index < -0.39 is 10.0 Å². The molecule has 2 aromatic heterocycles. The molecule has 0 aliphatic rings. The quantitative estimate of drug-likeness (QED) is 0.716. The highest BCUT2D eigenvalue weighted by atomic mass is 32.2. The maximum atomic E-state index is 12.4. The molecule has 2 aromatic rings. The number of nitrogens with one attached hydrogen (secondary N) is 2. The molecule has 2 heterocycles. The third-order valence-corrected chi connectivity index (χ3v) is 4.28. The largest absolute Gasteiger partial charge is 0.320 e. The van der Waals surface area contributed by atoms with Crippen LogP contribution in [0.2, 0.25) is 0 Å². The zero-order valence-electron chi connectivity index (χ0n) is 11.6. The average Bonchev–Trinajstić information content (AvgIpc) is 2.76. The van der Waals surface area contributed by atoms with Crippen LogP contribution in [0.3, 0.4) is 0 Å². The van der Waals surface area contributed by atoms with Crippen LogP contribution in [0.5, 0.6) is 0 Å². The lowest BCUT2D eigenvalue weighted by Gasteiger charge is -2.07. The van der Waals surface area contributed by atoms with Crippen molar-refractivity contribution in [2.75, 3.05) is 11.3 Å². The first-order chi connectivity index (χ1) is 9.94. The van der Waals surface area contributed by atoms with Gasteiger partial charge in [0, 0.05) is 11.8 Å². The Morgan fingerprint density at radius 3 is 2.81 bits per heavy atom. The van der Waals surface area contributed by atoms with Crippen LogP contribution >= 0.6 is 0 Å². The van der Waals surface area contributed by atoms with E-state index in [1.54, 1.807) is 26.0 Å². The molecular weight excluding hydrogens is 290 g/mol. The SMILES string of the molecule is Cc1n[nH]c(C)c1S(=O)(=O)Nc1cc(C#CCN)ccn1. The van der Waals surface area contributed by atoms with Crippen molar-refractivity contribution in [3.8, 4) is 11.8 Å². The molecule has 0 saturated carbocycles. The van der Waals surface area contributed by atoms with Crippen molar-refractivity contribution < 1.29 is 8.42 Å². The van der Waals surface area contributed by atoms with Gasteiger partial charge < -0.3 is 5.73 Å². The van der Waals surface area contributed by atoms with E-state index in [-0.39, 0.29) is 17.3 Å². The minimum Gasteiger partial charge on any atom is -0.320 e. The number of sulfonamides is 1. The summed E-state index contributed by atoms with van der Waals surface area (Å²) in [6.45, 7) is 3.50. The van der Waals surface area contributed by atoms with Crippen molar-refractivity contribution in [2.45, 2.75) is 18.7 Å². The molecule has 0 fully saturated rings. The van der Waals surface area contributed by atoms with Crippen LogP contribution in [0.25, 0.3) is 0 Å². The Bertz CT molecular complexity index is 795. The van der Waals surface area contributed by atoms with Gasteiger partial charge in [0.1, 0.15) is 10.7 Å². The van der Waals surface area contributed by atoms with Crippen LogP contribution in [-0.4, -0.2) is 30.1 Å². The molecule has 0 saturated heterocycles. The van der Waals surface area contributed by atoms with E-state index in [9.17, 15) is 8.42 Å². The van der Waals surface area contributed by atoms with Crippen molar-refractivity contribution in [3.63, 3.8) is 0 Å². The van der Waals surface area contributed by atoms with Crippen molar-refractivity contribution in [1.29, 1.82) is 0 Å². The van der Waals surface area contributed by atoms with Gasteiger partial charge in [-0.1, -0.05) is 11.8 Å². The second-order valence-electron chi connectivity index (χ2n) is 4.30. The Kier molecular flexibility index (Phi) is 4.26. The second kappa shape index (κ2) is 5.95. The Morgan fingerprint density at radius 2 is 2.19 bits per heavy atom. The van der Waals surface area contributed by atoms with Crippen LogP contribution in [0, 0.1) is 25.7 Å². The number of rotatable bonds is 3. The first-order valence-corrected chi connectivity index (χ1v) is 7.61. The third-order valence-electron chi connectivity index (χ3n) is 2.66. The first kappa shape index (κ1) is 15.0. The highest BCUT2D eigenvalue weighted by Crippen LogP contribution is 2.20. The van der Waals surface area contributed by atoms with Gasteiger partial charge in [0.2, 0.25) is 0 Å². The number of aromatic amines is 1. The molecule has 0 aliphatic carbocycles. The van der Waals surface area contributed by atoms with Gasteiger partial charge in [-0.2, -0.15) is 5.10 Å². The maximum absolute atomic E-state index is 12.4. The van der Waals surface area contributed by atoms with E-state index in [0.29, 0.717) is 17.0 Å². The minimum atomic E-state index is -3.75. The maximum Gasteiger partial charge on any atom is 0.266 e. The summed E-state index contributed by atoms with van der Waals surface area (Å²) in [4.78, 5) is 4.11. The van der Waals surface area contributed by atoms with E-state index in [1.807, 2.05) is 0 Å². The fourth-order valence-corrected chi connectivity index (χ4v) is 3.21. The van der Waals surface area contributed by atoms with Crippen LogP contribution < -0.4 is 10.5 Å². The normalized spacial score (nSPS) is 10.8. The number of H-pyrrole nitrogens is 1. The van der Waals surface area contributed by atoms with Gasteiger partial charge in [-0.3, -0.25) is 9.82 Å². The van der Waals surface area contributed by atoms with Crippen LogP contribution in [0.4, 0.5) is 5.82 Å². The molecule has 8 heteroatoms. The van der Waals surface area contributed by atoms with E-state index in [1.165, 1.54) is 6.20 Å². The zero-order valence-corrected chi connectivity index (χ0v) is 12.5. The molecule has 0 radical (unpaired) electrons. The molecule has 110 valence electrons. The number of aryl methyl sites for hydroxylation is 2. The summed E-state index contributed by atoms with van der Waals surface area (Å²) < 4.78 is 27.1. The monoisotopic (exact) mass is 305 g/mol. The molecule has 21 heavy (non-hydrogen) atoms. The van der Waals surface area contributed by atoms with Crippen LogP contribution in [0.1, 0.15) is 17.0 Å². The van der Waals surface area contributed by atoms with E-state index in [0.717, 1.165) is 0 Å². The summed E-state index contributed by atoms with van der Waals surface area (Å²) in [7, 11) is -3.75. The van der Waals surface area contributed by atoms with Crippen molar-refractivity contribution >= 4 is 15.8 Å². The summed E-state index contributed by atoms with van der Waals surface area (Å²) >= 11 is 0. The van der Waals surface area contributed by atoms with Gasteiger partial charge in [0.25, 0.3) is 10.0 Å². The van der Waals surface area contributed by atoms with Crippen molar-refractivity contribution in [1.82, 2.24) is 15.2 Å². The molecule has 0 atom stereocenters. The second-order valence-corrected chi connectivity index (χ2v) is 5.92. The highest BCUT2D eigenvalue weighted by Gasteiger charge is 2.22. The molecule has 0 unspecified atom stereocenters. The number of nitrogens with two attached hydrogens (primary N) is 1. The Balaban J connectivity index is 2.33. The Hall–Kier alpha value is -2.37. The fourth-order valence-electron chi connectivity index (χ4n) is 1.84. The van der Waals surface area contributed by atoms with Gasteiger partial charge >= 0.3 is 0 Å². The molecule has 4 N–H and O–H groups in total. The number of pyridine rings is 1. The minimum absolute atomic E-state index is 0.128. The van der Waals surface area contributed by atoms with Crippen LogP contribution in [0.15, 0.2) is 23.2 Å². The highest BCUT2D eigenvalue weighted by molar-refractivity contribution is 7.92. The third kappa shape index (κ3) is 3.39. The number of anilines is 1. The number of nitrogens with zero attached hydrogens (tertiary/aromatic N) is 2. The summed E-state index contributed by atoms with van der Waals surface area (Å²) in [6.07, 6.45) is 1.48. The molecule has 0 amide bonds. The predicted octanol–water partition coefficient (Wildman–Crippen LogP) is 0.533. The number of hydrogen-bond acceptors (Lipinski definition) is 5. The Labute approximate surface area is 123 Å². The van der Waals surface area contributed by atoms with E-state index in [2.05, 4.69) is 31.7 Å². The van der Waals surface area contributed by atoms with Gasteiger partial charge in [-0.05, 0) is 26.0 Å². The van der Waals surface area contributed by atoms with Gasteiger partial charge in [0.15, 0.2) is 0 Å². The summed E-state index contributed by atoms with van der Waals surface area (Å²) in [5.41, 5.74) is 6.81. The number of hydrogen-bond donors (Lipinski definition) is 3. The molecule has 0 spiro atoms. The zero-order chi connectivity index (χ0) is 15.5. The lowest BCUT2D eigenvalue weighted by atomic mass is 10.2. The van der Waals surface area contributed by atoms with Gasteiger partial charge in [0.05, 0.1) is 17.9 Å². The van der Waals surface area contributed by atoms with E-state index in [4.69, 9.17) is 5.73 Å². The van der Waals surface area contributed by atoms with Crippen molar-refractivity contribution in [2.24, 2.45) is 5.73 Å². The molecule has 0 aliphatic heterocycles. The lowest BCUT2D eigenvalue weighted by Crippen LogP contribution is -2.15. The molecule has 0 bridgehead atoms. The molecule has 2 rings (SSSR count). The summed E-state index contributed by atoms with van der Waals surface area (Å²) in [5.74, 6) is 5.71. The standard InChI is InChI=1S/C13H15N5O2S/c1-9-13(10(2)17-16-9)21(19,20)18-12-8-11(4-3-6-14)5-7-15-12/h5,7-8H,6,14H2,1-2H3,(H,15,18)(H,16,17). The van der Waals surface area contributed by atoms with Crippen molar-refractivity contribution in [3.05, 3.63) is 35.3 Å². The van der Waals surface area contributed by atoms with E-state index >= 15 is 0 Å². The summed E-state index contributed by atoms with van der Waals surface area (Å²) in [6, 6.07) is 3.22. The van der Waals surface area contributed by atoms with Crippen LogP contribution in [-0.2, 0) is 10.0 Å². The van der Waals surface area contributed by atoms with Gasteiger partial charge in [-0.15, -0.1) is 0 Å². The summed E-state index contributed by atoms with van der Waals surface area (Å²) in [5, 5.41) is 6.52. The topological polar surface area (TPSA) is 114 Å². The fraction of sp³-hybridized carbons (Fsp3) is 0.231.